The number of rotatable bonds is 5. The number of hydrogen-bond donors (Lipinski definition) is 1. The molecule has 4 heteroatoms. The summed E-state index contributed by atoms with van der Waals surface area (Å²) in [7, 11) is 1.61. The zero-order valence-corrected chi connectivity index (χ0v) is 12.4. The molecule has 0 atom stereocenters. The van der Waals surface area contributed by atoms with Gasteiger partial charge in [0.1, 0.15) is 11.5 Å². The maximum atomic E-state index is 12.1. The van der Waals surface area contributed by atoms with Crippen LogP contribution in [0.2, 0.25) is 0 Å². The van der Waals surface area contributed by atoms with Gasteiger partial charge in [0.2, 0.25) is 0 Å². The molecular formula is C17H19NO3. The van der Waals surface area contributed by atoms with Crippen molar-refractivity contribution in [2.45, 2.75) is 20.0 Å². The second kappa shape index (κ2) is 6.79. The van der Waals surface area contributed by atoms with E-state index in [1.807, 2.05) is 13.8 Å². The molecule has 0 aromatic heterocycles. The van der Waals surface area contributed by atoms with E-state index in [0.717, 1.165) is 17.2 Å². The fraction of sp³-hybridized carbons (Fsp3) is 0.235. The minimum absolute atomic E-state index is 0.115. The van der Waals surface area contributed by atoms with E-state index < -0.39 is 0 Å². The van der Waals surface area contributed by atoms with Crippen LogP contribution in [0.4, 0.5) is 5.69 Å². The maximum absolute atomic E-state index is 12.1. The molecule has 2 rings (SSSR count). The lowest BCUT2D eigenvalue weighted by Gasteiger charge is -2.10. The third-order valence-electron chi connectivity index (χ3n) is 2.84. The molecule has 1 N–H and O–H groups in total. The van der Waals surface area contributed by atoms with E-state index in [-0.39, 0.29) is 12.0 Å². The zero-order chi connectivity index (χ0) is 15.2. The van der Waals surface area contributed by atoms with E-state index in [0.29, 0.717) is 5.56 Å². The monoisotopic (exact) mass is 285 g/mol. The van der Waals surface area contributed by atoms with Gasteiger partial charge in [0, 0.05) is 11.3 Å². The number of ether oxygens (including phenoxy) is 2. The minimum Gasteiger partial charge on any atom is -0.497 e. The summed E-state index contributed by atoms with van der Waals surface area (Å²) < 4.78 is 10.6. The molecule has 4 nitrogen and oxygen atoms in total. The van der Waals surface area contributed by atoms with Crippen molar-refractivity contribution in [2.24, 2.45) is 0 Å². The van der Waals surface area contributed by atoms with Crippen LogP contribution in [0.25, 0.3) is 0 Å². The molecule has 0 aliphatic rings. The van der Waals surface area contributed by atoms with Crippen molar-refractivity contribution in [3.05, 3.63) is 54.1 Å². The fourth-order valence-corrected chi connectivity index (χ4v) is 1.83. The molecule has 0 aliphatic carbocycles. The van der Waals surface area contributed by atoms with Crippen molar-refractivity contribution in [1.82, 2.24) is 0 Å². The average molecular weight is 285 g/mol. The van der Waals surface area contributed by atoms with Crippen molar-refractivity contribution in [3.63, 3.8) is 0 Å². The molecule has 0 saturated carbocycles. The second-order valence-electron chi connectivity index (χ2n) is 4.87. The summed E-state index contributed by atoms with van der Waals surface area (Å²) in [5, 5.41) is 2.83. The predicted octanol–water partition coefficient (Wildman–Crippen LogP) is 3.73. The number of nitrogens with one attached hydrogen (secondary N) is 1. The van der Waals surface area contributed by atoms with Crippen LogP contribution >= 0.6 is 0 Å². The Bertz CT molecular complexity index is 588. The summed E-state index contributed by atoms with van der Waals surface area (Å²) in [5.74, 6) is 1.35. The van der Waals surface area contributed by atoms with Crippen LogP contribution in [-0.2, 0) is 0 Å². The molecule has 2 aromatic carbocycles. The first kappa shape index (κ1) is 14.9. The third kappa shape index (κ3) is 4.24. The highest BCUT2D eigenvalue weighted by atomic mass is 16.5. The Labute approximate surface area is 124 Å². The van der Waals surface area contributed by atoms with Crippen LogP contribution in [0.3, 0.4) is 0 Å². The Hall–Kier alpha value is -2.49. The number of anilines is 1. The highest BCUT2D eigenvalue weighted by Gasteiger charge is 2.07. The van der Waals surface area contributed by atoms with Gasteiger partial charge in [-0.2, -0.15) is 0 Å². The number of carbonyl (C=O) groups is 1. The SMILES string of the molecule is COc1ccc(NC(=O)c2ccc(OC(C)C)cc2)cc1. The Morgan fingerprint density at radius 1 is 0.952 bits per heavy atom. The molecule has 0 unspecified atom stereocenters. The van der Waals surface area contributed by atoms with Crippen molar-refractivity contribution in [3.8, 4) is 11.5 Å². The lowest BCUT2D eigenvalue weighted by molar-refractivity contribution is 0.102. The Balaban J connectivity index is 2.02. The van der Waals surface area contributed by atoms with Gasteiger partial charge >= 0.3 is 0 Å². The fourth-order valence-electron chi connectivity index (χ4n) is 1.83. The molecule has 110 valence electrons. The van der Waals surface area contributed by atoms with E-state index in [2.05, 4.69) is 5.32 Å². The molecule has 21 heavy (non-hydrogen) atoms. The normalized spacial score (nSPS) is 10.3. The number of benzene rings is 2. The highest BCUT2D eigenvalue weighted by Crippen LogP contribution is 2.17. The molecule has 0 radical (unpaired) electrons. The summed E-state index contributed by atoms with van der Waals surface area (Å²) in [6.45, 7) is 3.93. The van der Waals surface area contributed by atoms with Gasteiger partial charge in [-0.25, -0.2) is 0 Å². The first-order valence-electron chi connectivity index (χ1n) is 6.80. The second-order valence-corrected chi connectivity index (χ2v) is 4.87. The van der Waals surface area contributed by atoms with Crippen molar-refractivity contribution in [2.75, 3.05) is 12.4 Å². The van der Waals surface area contributed by atoms with E-state index in [4.69, 9.17) is 9.47 Å². The van der Waals surface area contributed by atoms with Gasteiger partial charge in [-0.1, -0.05) is 0 Å². The first-order chi connectivity index (χ1) is 10.1. The van der Waals surface area contributed by atoms with Gasteiger partial charge < -0.3 is 14.8 Å². The number of carbonyl (C=O) groups excluding carboxylic acids is 1. The minimum atomic E-state index is -0.156. The largest absolute Gasteiger partial charge is 0.497 e. The van der Waals surface area contributed by atoms with Crippen LogP contribution in [0.15, 0.2) is 48.5 Å². The van der Waals surface area contributed by atoms with E-state index >= 15 is 0 Å². The summed E-state index contributed by atoms with van der Waals surface area (Å²) in [4.78, 5) is 12.1. The van der Waals surface area contributed by atoms with Crippen molar-refractivity contribution < 1.29 is 14.3 Å². The number of hydrogen-bond acceptors (Lipinski definition) is 3. The van der Waals surface area contributed by atoms with Gasteiger partial charge in [-0.15, -0.1) is 0 Å². The molecule has 0 fully saturated rings. The van der Waals surface area contributed by atoms with Crippen LogP contribution < -0.4 is 14.8 Å². The van der Waals surface area contributed by atoms with Gasteiger partial charge in [0.05, 0.1) is 13.2 Å². The van der Waals surface area contributed by atoms with Crippen molar-refractivity contribution in [1.29, 1.82) is 0 Å². The average Bonchev–Trinajstić information content (AvgIpc) is 2.48. The summed E-state index contributed by atoms with van der Waals surface area (Å²) in [6, 6.07) is 14.3. The summed E-state index contributed by atoms with van der Waals surface area (Å²) in [5.41, 5.74) is 1.31. The Morgan fingerprint density at radius 2 is 1.52 bits per heavy atom. The Kier molecular flexibility index (Phi) is 4.82. The Morgan fingerprint density at radius 3 is 2.05 bits per heavy atom. The lowest BCUT2D eigenvalue weighted by Crippen LogP contribution is -2.12. The smallest absolute Gasteiger partial charge is 0.255 e. The van der Waals surface area contributed by atoms with E-state index in [1.54, 1.807) is 55.6 Å². The van der Waals surface area contributed by atoms with Gasteiger partial charge in [0.25, 0.3) is 5.91 Å². The molecule has 0 spiro atoms. The predicted molar refractivity (Wildman–Crippen MR) is 83.2 cm³/mol. The van der Waals surface area contributed by atoms with Crippen LogP contribution in [0, 0.1) is 0 Å². The molecule has 0 bridgehead atoms. The van der Waals surface area contributed by atoms with Gasteiger partial charge in [0.15, 0.2) is 0 Å². The van der Waals surface area contributed by atoms with Crippen LogP contribution in [0.5, 0.6) is 11.5 Å². The number of amides is 1. The van der Waals surface area contributed by atoms with Crippen LogP contribution in [-0.4, -0.2) is 19.1 Å². The standard InChI is InChI=1S/C17H19NO3/c1-12(2)21-16-8-4-13(5-9-16)17(19)18-14-6-10-15(20-3)11-7-14/h4-12H,1-3H3,(H,18,19). The molecule has 2 aromatic rings. The van der Waals surface area contributed by atoms with Gasteiger partial charge in [-0.05, 0) is 62.4 Å². The topological polar surface area (TPSA) is 47.6 Å². The maximum Gasteiger partial charge on any atom is 0.255 e. The van der Waals surface area contributed by atoms with E-state index in [9.17, 15) is 4.79 Å². The number of methoxy groups -OCH3 is 1. The van der Waals surface area contributed by atoms with E-state index in [1.165, 1.54) is 0 Å². The summed E-state index contributed by atoms with van der Waals surface area (Å²) in [6.07, 6.45) is 0.115. The molecule has 0 heterocycles. The van der Waals surface area contributed by atoms with Crippen molar-refractivity contribution >= 4 is 11.6 Å². The third-order valence-corrected chi connectivity index (χ3v) is 2.84. The zero-order valence-electron chi connectivity index (χ0n) is 12.4. The molecular weight excluding hydrogens is 266 g/mol. The molecule has 1 amide bonds. The molecule has 0 aliphatic heterocycles. The summed E-state index contributed by atoms with van der Waals surface area (Å²) >= 11 is 0. The van der Waals surface area contributed by atoms with Gasteiger partial charge in [-0.3, -0.25) is 4.79 Å². The lowest BCUT2D eigenvalue weighted by atomic mass is 10.2. The molecule has 0 saturated heterocycles. The highest BCUT2D eigenvalue weighted by molar-refractivity contribution is 6.04. The quantitative estimate of drug-likeness (QED) is 0.910. The first-order valence-corrected chi connectivity index (χ1v) is 6.80. The van der Waals surface area contributed by atoms with Crippen LogP contribution in [0.1, 0.15) is 24.2 Å².